The predicted molar refractivity (Wildman–Crippen MR) is 203 cm³/mol. The van der Waals surface area contributed by atoms with Crippen molar-refractivity contribution in [2.24, 2.45) is 0 Å². The Morgan fingerprint density at radius 3 is 2.29 bits per heavy atom. The second kappa shape index (κ2) is 14.8. The molecule has 0 aliphatic carbocycles. The van der Waals surface area contributed by atoms with E-state index < -0.39 is 6.10 Å². The van der Waals surface area contributed by atoms with E-state index in [2.05, 4.69) is 84.5 Å². The highest BCUT2D eigenvalue weighted by atomic mass is 32.2. The van der Waals surface area contributed by atoms with Crippen LogP contribution in [0.2, 0.25) is 0 Å². The Hall–Kier alpha value is -4.84. The third kappa shape index (κ3) is 7.61. The molecule has 1 aliphatic rings. The van der Waals surface area contributed by atoms with Crippen LogP contribution in [0.5, 0.6) is 5.75 Å². The van der Waals surface area contributed by atoms with Crippen LogP contribution in [0, 0.1) is 0 Å². The molecule has 11 nitrogen and oxygen atoms in total. The quantitative estimate of drug-likeness (QED) is 0.128. The average Bonchev–Trinajstić information content (AvgIpc) is 3.91. The van der Waals surface area contributed by atoms with Crippen molar-refractivity contribution in [2.45, 2.75) is 101 Å². The Balaban J connectivity index is 1.21. The number of rotatable bonds is 13. The summed E-state index contributed by atoms with van der Waals surface area (Å²) in [6.45, 7) is 16.8. The molecule has 1 atom stereocenters. The number of aromatic nitrogens is 6. The molecule has 1 aliphatic heterocycles. The van der Waals surface area contributed by atoms with Crippen LogP contribution in [-0.2, 0) is 15.6 Å². The third-order valence-corrected chi connectivity index (χ3v) is 11.2. The van der Waals surface area contributed by atoms with Crippen molar-refractivity contribution < 1.29 is 9.53 Å². The molecule has 1 saturated heterocycles. The lowest BCUT2D eigenvalue weighted by Gasteiger charge is -2.31. The number of hydrogen-bond acceptors (Lipinski definition) is 8. The first-order valence-electron chi connectivity index (χ1n) is 17.8. The number of nitrogens with zero attached hydrogens (tertiary/aromatic N) is 6. The number of hydrogen-bond donors (Lipinski definition) is 2. The van der Waals surface area contributed by atoms with Crippen LogP contribution < -0.4 is 20.5 Å². The van der Waals surface area contributed by atoms with Gasteiger partial charge in [-0.3, -0.25) is 14.7 Å². The molecular weight excluding hydrogens is 661 g/mol. The van der Waals surface area contributed by atoms with Gasteiger partial charge in [0.05, 0.1) is 11.4 Å². The van der Waals surface area contributed by atoms with Gasteiger partial charge in [-0.15, -0.1) is 5.10 Å². The highest BCUT2D eigenvalue weighted by Gasteiger charge is 2.29. The number of para-hydroxylation sites is 1. The van der Waals surface area contributed by atoms with E-state index in [0.717, 1.165) is 61.6 Å². The fourth-order valence-electron chi connectivity index (χ4n) is 6.06. The van der Waals surface area contributed by atoms with E-state index in [0.29, 0.717) is 21.4 Å². The summed E-state index contributed by atoms with van der Waals surface area (Å²) in [5.74, 6) is 1.21. The van der Waals surface area contributed by atoms with Gasteiger partial charge in [-0.25, -0.2) is 4.68 Å². The van der Waals surface area contributed by atoms with E-state index >= 15 is 0 Å². The molecule has 1 amide bonds. The van der Waals surface area contributed by atoms with Gasteiger partial charge in [0.15, 0.2) is 6.10 Å². The molecular formula is C39H48N8O3S. The number of ether oxygens (including phenoxy) is 1. The molecule has 12 heteroatoms. The molecule has 0 saturated carbocycles. The van der Waals surface area contributed by atoms with E-state index in [-0.39, 0.29) is 22.3 Å². The largest absolute Gasteiger partial charge is 0.481 e. The molecule has 268 valence electrons. The minimum atomic E-state index is -0.734. The summed E-state index contributed by atoms with van der Waals surface area (Å²) in [6, 6.07) is 23.2. The maximum absolute atomic E-state index is 14.0. The zero-order valence-electron chi connectivity index (χ0n) is 30.6. The van der Waals surface area contributed by atoms with Crippen LogP contribution >= 0.6 is 11.8 Å². The Morgan fingerprint density at radius 2 is 1.63 bits per heavy atom. The minimum Gasteiger partial charge on any atom is -0.481 e. The predicted octanol–water partition coefficient (Wildman–Crippen LogP) is 7.67. The fraction of sp³-hybridized carbons (Fsp3) is 0.410. The molecule has 6 rings (SSSR count). The van der Waals surface area contributed by atoms with Crippen molar-refractivity contribution in [1.29, 1.82) is 0 Å². The Labute approximate surface area is 303 Å². The van der Waals surface area contributed by atoms with Crippen LogP contribution in [0.25, 0.3) is 11.4 Å². The third-order valence-electron chi connectivity index (χ3n) is 10.2. The van der Waals surface area contributed by atoms with Gasteiger partial charge in [0, 0.05) is 24.3 Å². The van der Waals surface area contributed by atoms with Crippen molar-refractivity contribution in [1.82, 2.24) is 30.0 Å². The maximum Gasteiger partial charge on any atom is 0.287 e. The van der Waals surface area contributed by atoms with E-state index in [9.17, 15) is 9.59 Å². The first kappa shape index (κ1) is 36.0. The van der Waals surface area contributed by atoms with Crippen molar-refractivity contribution in [2.75, 3.05) is 23.3 Å². The second-order valence-electron chi connectivity index (χ2n) is 14.4. The van der Waals surface area contributed by atoms with Crippen molar-refractivity contribution in [3.8, 4) is 17.1 Å². The number of benzene rings is 3. The van der Waals surface area contributed by atoms with Gasteiger partial charge in [-0.2, -0.15) is 4.68 Å². The van der Waals surface area contributed by atoms with E-state index in [1.165, 1.54) is 22.0 Å². The average molecular weight is 709 g/mol. The van der Waals surface area contributed by atoms with Crippen molar-refractivity contribution in [3.63, 3.8) is 0 Å². The fourth-order valence-corrected chi connectivity index (χ4v) is 7.00. The molecule has 0 bridgehead atoms. The smallest absolute Gasteiger partial charge is 0.287 e. The number of carbonyl (C=O) groups excluding carboxylic acids is 1. The summed E-state index contributed by atoms with van der Waals surface area (Å²) in [4.78, 5) is 30.1. The zero-order valence-corrected chi connectivity index (χ0v) is 31.4. The van der Waals surface area contributed by atoms with E-state index in [1.807, 2.05) is 48.5 Å². The number of H-pyrrole nitrogens is 1. The van der Waals surface area contributed by atoms with Crippen LogP contribution in [0.15, 0.2) is 87.6 Å². The number of amides is 1. The summed E-state index contributed by atoms with van der Waals surface area (Å²) >= 11 is 1.24. The standard InChI is InChI=1S/C39H48N8O3S/c1-8-38(4,5)27-17-22-32(31(25-27)39(6,7)9-2)50-26(3)35(48)40-28-18-20-30(21-19-28)46-36(49)33(34(42-46)45-23-13-14-24-45)51-37-41-43-44-47(37)29-15-11-10-12-16-29/h10-12,15-22,25-26,42H,8-9,13-14,23-24H2,1-7H3,(H,40,48). The summed E-state index contributed by atoms with van der Waals surface area (Å²) in [7, 11) is 0. The Morgan fingerprint density at radius 1 is 0.941 bits per heavy atom. The van der Waals surface area contributed by atoms with Crippen molar-refractivity contribution >= 4 is 29.2 Å². The Bertz CT molecular complexity index is 2030. The van der Waals surface area contributed by atoms with Crippen LogP contribution in [0.3, 0.4) is 0 Å². The summed E-state index contributed by atoms with van der Waals surface area (Å²) < 4.78 is 9.50. The Kier molecular flexibility index (Phi) is 10.4. The van der Waals surface area contributed by atoms with Gasteiger partial charge in [0.2, 0.25) is 5.16 Å². The summed E-state index contributed by atoms with van der Waals surface area (Å²) in [5.41, 5.74) is 4.12. The SMILES string of the molecule is CCC(C)(C)c1ccc(OC(C)C(=O)Nc2ccc(-n3[nH]c(N4CCCC4)c(Sc4nnnn4-c4ccccc4)c3=O)cc2)c(C(C)(C)CC)c1. The molecule has 0 radical (unpaired) electrons. The molecule has 2 N–H and O–H groups in total. The first-order chi connectivity index (χ1) is 24.4. The lowest BCUT2D eigenvalue weighted by molar-refractivity contribution is -0.122. The number of aromatic amines is 1. The number of nitrogens with one attached hydrogen (secondary N) is 2. The number of carbonyl (C=O) groups is 1. The lowest BCUT2D eigenvalue weighted by Crippen LogP contribution is -2.31. The van der Waals surface area contributed by atoms with Gasteiger partial charge in [0.1, 0.15) is 16.5 Å². The highest BCUT2D eigenvalue weighted by Crippen LogP contribution is 2.39. The van der Waals surface area contributed by atoms with Gasteiger partial charge in [-0.05, 0) is 114 Å². The highest BCUT2D eigenvalue weighted by molar-refractivity contribution is 7.99. The molecule has 5 aromatic rings. The molecule has 1 fully saturated rings. The summed E-state index contributed by atoms with van der Waals surface area (Å²) in [5, 5.41) is 19.1. The first-order valence-corrected chi connectivity index (χ1v) is 18.6. The summed E-state index contributed by atoms with van der Waals surface area (Å²) in [6.07, 6.45) is 3.32. The normalized spacial score (nSPS) is 14.1. The minimum absolute atomic E-state index is 0.0361. The lowest BCUT2D eigenvalue weighted by atomic mass is 9.76. The van der Waals surface area contributed by atoms with Crippen LogP contribution in [0.1, 0.15) is 85.3 Å². The van der Waals surface area contributed by atoms with Gasteiger partial charge in [0.25, 0.3) is 11.5 Å². The van der Waals surface area contributed by atoms with Crippen LogP contribution in [-0.4, -0.2) is 55.1 Å². The van der Waals surface area contributed by atoms with Crippen LogP contribution in [0.4, 0.5) is 11.5 Å². The number of anilines is 2. The molecule has 3 aromatic carbocycles. The number of tetrazole rings is 1. The van der Waals surface area contributed by atoms with Gasteiger partial charge < -0.3 is 15.0 Å². The molecule has 51 heavy (non-hydrogen) atoms. The molecule has 3 heterocycles. The van der Waals surface area contributed by atoms with E-state index in [1.54, 1.807) is 23.7 Å². The molecule has 2 aromatic heterocycles. The van der Waals surface area contributed by atoms with Gasteiger partial charge >= 0.3 is 0 Å². The van der Waals surface area contributed by atoms with E-state index in [4.69, 9.17) is 4.74 Å². The topological polar surface area (TPSA) is 123 Å². The second-order valence-corrected chi connectivity index (χ2v) is 15.4. The van der Waals surface area contributed by atoms with Gasteiger partial charge in [-0.1, -0.05) is 71.9 Å². The zero-order chi connectivity index (χ0) is 36.3. The maximum atomic E-state index is 14.0. The van der Waals surface area contributed by atoms with Crippen molar-refractivity contribution in [3.05, 3.63) is 94.3 Å². The monoisotopic (exact) mass is 708 g/mol. The molecule has 0 spiro atoms. The molecule has 1 unspecified atom stereocenters.